The highest BCUT2D eigenvalue weighted by atomic mass is 16.5. The van der Waals surface area contributed by atoms with Crippen LogP contribution in [0, 0.1) is 0 Å². The first-order valence-corrected chi connectivity index (χ1v) is 6.43. The normalized spacial score (nSPS) is 13.9. The third kappa shape index (κ3) is 4.11. The van der Waals surface area contributed by atoms with Gasteiger partial charge in [0.05, 0.1) is 18.6 Å². The van der Waals surface area contributed by atoms with E-state index >= 15 is 0 Å². The molecule has 0 spiro atoms. The zero-order valence-electron chi connectivity index (χ0n) is 11.4. The molecule has 1 unspecified atom stereocenters. The van der Waals surface area contributed by atoms with Crippen LogP contribution in [0.25, 0.3) is 0 Å². The van der Waals surface area contributed by atoms with Crippen molar-refractivity contribution in [2.45, 2.75) is 39.2 Å². The predicted octanol–water partition coefficient (Wildman–Crippen LogP) is 2.25. The number of carbonyl (C=O) groups is 1. The van der Waals surface area contributed by atoms with E-state index in [0.29, 0.717) is 13.0 Å². The standard InChI is InChI=1S/C14H22N2O2/c1-4-8-16-14(3,11-13(17)18-5-2)12-6-9-15-10-7-12/h6-7,9-10,16H,4-5,8,11H2,1-3H3. The van der Waals surface area contributed by atoms with Crippen LogP contribution in [0.1, 0.15) is 39.2 Å². The highest BCUT2D eigenvalue weighted by Gasteiger charge is 2.29. The first-order chi connectivity index (χ1) is 8.62. The van der Waals surface area contributed by atoms with Crippen molar-refractivity contribution < 1.29 is 9.53 Å². The second-order valence-corrected chi connectivity index (χ2v) is 4.48. The molecule has 1 aromatic rings. The van der Waals surface area contributed by atoms with Gasteiger partial charge in [0.2, 0.25) is 0 Å². The minimum absolute atomic E-state index is 0.180. The number of pyridine rings is 1. The van der Waals surface area contributed by atoms with Gasteiger partial charge in [-0.05, 0) is 44.5 Å². The number of esters is 1. The lowest BCUT2D eigenvalue weighted by Crippen LogP contribution is -2.42. The molecule has 0 saturated heterocycles. The van der Waals surface area contributed by atoms with E-state index in [1.54, 1.807) is 12.4 Å². The van der Waals surface area contributed by atoms with Gasteiger partial charge in [-0.25, -0.2) is 0 Å². The van der Waals surface area contributed by atoms with Crippen LogP contribution in [0.15, 0.2) is 24.5 Å². The van der Waals surface area contributed by atoms with Gasteiger partial charge in [-0.1, -0.05) is 6.92 Å². The van der Waals surface area contributed by atoms with Crippen molar-refractivity contribution in [3.63, 3.8) is 0 Å². The van der Waals surface area contributed by atoms with Crippen molar-refractivity contribution in [2.75, 3.05) is 13.2 Å². The molecular formula is C14H22N2O2. The maximum atomic E-state index is 11.7. The number of rotatable bonds is 7. The molecule has 0 aliphatic rings. The van der Waals surface area contributed by atoms with Gasteiger partial charge in [0, 0.05) is 12.4 Å². The molecule has 1 N–H and O–H groups in total. The van der Waals surface area contributed by atoms with E-state index in [1.807, 2.05) is 26.0 Å². The first-order valence-electron chi connectivity index (χ1n) is 6.43. The van der Waals surface area contributed by atoms with Gasteiger partial charge in [-0.2, -0.15) is 0 Å². The van der Waals surface area contributed by atoms with Crippen molar-refractivity contribution in [1.29, 1.82) is 0 Å². The fraction of sp³-hybridized carbons (Fsp3) is 0.571. The Hall–Kier alpha value is -1.42. The van der Waals surface area contributed by atoms with Gasteiger partial charge in [0.15, 0.2) is 0 Å². The lowest BCUT2D eigenvalue weighted by atomic mass is 9.89. The summed E-state index contributed by atoms with van der Waals surface area (Å²) in [5.74, 6) is -0.180. The van der Waals surface area contributed by atoms with Gasteiger partial charge in [0.1, 0.15) is 0 Å². The van der Waals surface area contributed by atoms with Crippen molar-refractivity contribution in [2.24, 2.45) is 0 Å². The summed E-state index contributed by atoms with van der Waals surface area (Å²) in [4.78, 5) is 15.7. The Kier molecular flexibility index (Phi) is 5.78. The molecule has 1 heterocycles. The molecule has 1 aromatic heterocycles. The highest BCUT2D eigenvalue weighted by Crippen LogP contribution is 2.24. The zero-order valence-corrected chi connectivity index (χ0v) is 11.4. The fourth-order valence-corrected chi connectivity index (χ4v) is 1.89. The quantitative estimate of drug-likeness (QED) is 0.754. The monoisotopic (exact) mass is 250 g/mol. The molecule has 0 aliphatic carbocycles. The van der Waals surface area contributed by atoms with Crippen LogP contribution in [0.5, 0.6) is 0 Å². The zero-order chi connectivity index (χ0) is 13.4. The molecule has 1 rings (SSSR count). The topological polar surface area (TPSA) is 51.2 Å². The average molecular weight is 250 g/mol. The van der Waals surface area contributed by atoms with Crippen molar-refractivity contribution in [3.8, 4) is 0 Å². The second kappa shape index (κ2) is 7.11. The van der Waals surface area contributed by atoms with Gasteiger partial charge in [0.25, 0.3) is 0 Å². The lowest BCUT2D eigenvalue weighted by molar-refractivity contribution is -0.144. The Bertz CT molecular complexity index is 367. The van der Waals surface area contributed by atoms with E-state index in [1.165, 1.54) is 0 Å². The largest absolute Gasteiger partial charge is 0.466 e. The number of nitrogens with zero attached hydrogens (tertiary/aromatic N) is 1. The van der Waals surface area contributed by atoms with Crippen LogP contribution < -0.4 is 5.32 Å². The SMILES string of the molecule is CCCNC(C)(CC(=O)OCC)c1ccncc1. The Morgan fingerprint density at radius 1 is 1.39 bits per heavy atom. The summed E-state index contributed by atoms with van der Waals surface area (Å²) in [6.45, 7) is 7.22. The van der Waals surface area contributed by atoms with Crippen LogP contribution in [-0.2, 0) is 15.1 Å². The number of aromatic nitrogens is 1. The van der Waals surface area contributed by atoms with E-state index in [-0.39, 0.29) is 5.97 Å². The van der Waals surface area contributed by atoms with Crippen LogP contribution >= 0.6 is 0 Å². The highest BCUT2D eigenvalue weighted by molar-refractivity contribution is 5.71. The third-order valence-corrected chi connectivity index (χ3v) is 2.89. The molecule has 0 radical (unpaired) electrons. The van der Waals surface area contributed by atoms with Crippen molar-refractivity contribution >= 4 is 5.97 Å². The summed E-state index contributed by atoms with van der Waals surface area (Å²) in [5.41, 5.74) is 0.657. The average Bonchev–Trinajstić information content (AvgIpc) is 2.38. The van der Waals surface area contributed by atoms with Gasteiger partial charge in [-0.3, -0.25) is 9.78 Å². The summed E-state index contributed by atoms with van der Waals surface area (Å²) in [6.07, 6.45) is 4.83. The predicted molar refractivity (Wildman–Crippen MR) is 71.1 cm³/mol. The molecule has 4 heteroatoms. The number of hydrogen-bond acceptors (Lipinski definition) is 4. The summed E-state index contributed by atoms with van der Waals surface area (Å²) >= 11 is 0. The molecule has 18 heavy (non-hydrogen) atoms. The third-order valence-electron chi connectivity index (χ3n) is 2.89. The maximum absolute atomic E-state index is 11.7. The van der Waals surface area contributed by atoms with Crippen LogP contribution in [-0.4, -0.2) is 24.1 Å². The summed E-state index contributed by atoms with van der Waals surface area (Å²) < 4.78 is 5.04. The van der Waals surface area contributed by atoms with Crippen LogP contribution in [0.2, 0.25) is 0 Å². The molecule has 0 saturated carbocycles. The second-order valence-electron chi connectivity index (χ2n) is 4.48. The minimum atomic E-state index is -0.398. The Morgan fingerprint density at radius 3 is 2.61 bits per heavy atom. The number of ether oxygens (including phenoxy) is 1. The molecule has 0 fully saturated rings. The van der Waals surface area contributed by atoms with Crippen molar-refractivity contribution in [3.05, 3.63) is 30.1 Å². The Balaban J connectivity index is 2.84. The minimum Gasteiger partial charge on any atom is -0.466 e. The Labute approximate surface area is 109 Å². The summed E-state index contributed by atoms with van der Waals surface area (Å²) in [6, 6.07) is 3.86. The summed E-state index contributed by atoms with van der Waals surface area (Å²) in [5, 5.41) is 3.42. The van der Waals surface area contributed by atoms with E-state index in [2.05, 4.69) is 17.2 Å². The summed E-state index contributed by atoms with van der Waals surface area (Å²) in [7, 11) is 0. The van der Waals surface area contributed by atoms with Crippen molar-refractivity contribution in [1.82, 2.24) is 10.3 Å². The van der Waals surface area contributed by atoms with Gasteiger partial charge < -0.3 is 10.1 Å². The van der Waals surface area contributed by atoms with E-state index < -0.39 is 5.54 Å². The molecule has 1 atom stereocenters. The smallest absolute Gasteiger partial charge is 0.307 e. The van der Waals surface area contributed by atoms with Crippen LogP contribution in [0.3, 0.4) is 0 Å². The van der Waals surface area contributed by atoms with E-state index in [4.69, 9.17) is 4.74 Å². The molecular weight excluding hydrogens is 228 g/mol. The number of carbonyl (C=O) groups excluding carboxylic acids is 1. The van der Waals surface area contributed by atoms with E-state index in [9.17, 15) is 4.79 Å². The lowest BCUT2D eigenvalue weighted by Gasteiger charge is -2.30. The maximum Gasteiger partial charge on any atom is 0.307 e. The van der Waals surface area contributed by atoms with Gasteiger partial charge >= 0.3 is 5.97 Å². The Morgan fingerprint density at radius 2 is 2.06 bits per heavy atom. The van der Waals surface area contributed by atoms with E-state index in [0.717, 1.165) is 18.5 Å². The number of nitrogens with one attached hydrogen (secondary N) is 1. The molecule has 0 aromatic carbocycles. The molecule has 4 nitrogen and oxygen atoms in total. The van der Waals surface area contributed by atoms with Gasteiger partial charge in [-0.15, -0.1) is 0 Å². The van der Waals surface area contributed by atoms with Crippen LogP contribution in [0.4, 0.5) is 0 Å². The first kappa shape index (κ1) is 14.6. The molecule has 100 valence electrons. The fourth-order valence-electron chi connectivity index (χ4n) is 1.89. The molecule has 0 bridgehead atoms. The molecule has 0 aliphatic heterocycles. The molecule has 0 amide bonds. The number of hydrogen-bond donors (Lipinski definition) is 1.